The molecule has 1 radical (unpaired) electrons. The molecule has 19 heavy (non-hydrogen) atoms. The van der Waals surface area contributed by atoms with E-state index < -0.39 is 0 Å². The van der Waals surface area contributed by atoms with Crippen molar-refractivity contribution >= 4 is 11.8 Å². The Balaban J connectivity index is 1.83. The van der Waals surface area contributed by atoms with Crippen LogP contribution in [-0.4, -0.2) is 23.3 Å². The number of rotatable bonds is 7. The van der Waals surface area contributed by atoms with Gasteiger partial charge >= 0.3 is 0 Å². The largest absolute Gasteiger partial charge is 0.274 e. The molecule has 3 heteroatoms. The van der Waals surface area contributed by atoms with Crippen molar-refractivity contribution in [3.8, 4) is 0 Å². The first kappa shape index (κ1) is 13.8. The van der Waals surface area contributed by atoms with Gasteiger partial charge in [-0.15, -0.1) is 0 Å². The highest BCUT2D eigenvalue weighted by Crippen LogP contribution is 2.22. The lowest BCUT2D eigenvalue weighted by Crippen LogP contribution is -2.30. The summed E-state index contributed by atoms with van der Waals surface area (Å²) in [4.78, 5) is 25.5. The Kier molecular flexibility index (Phi) is 4.72. The number of carbonyl (C=O) groups excluding carboxylic acids is 2. The molecule has 3 nitrogen and oxygen atoms in total. The molecule has 1 aliphatic rings. The molecule has 0 spiro atoms. The van der Waals surface area contributed by atoms with Crippen molar-refractivity contribution < 1.29 is 9.59 Å². The summed E-state index contributed by atoms with van der Waals surface area (Å²) in [6, 6.07) is 7.05. The van der Waals surface area contributed by atoms with E-state index in [4.69, 9.17) is 0 Å². The van der Waals surface area contributed by atoms with Gasteiger partial charge in [-0.1, -0.05) is 51.2 Å². The van der Waals surface area contributed by atoms with Crippen LogP contribution < -0.4 is 0 Å². The van der Waals surface area contributed by atoms with Crippen LogP contribution in [0.4, 0.5) is 0 Å². The third-order valence-corrected chi connectivity index (χ3v) is 3.51. The highest BCUT2D eigenvalue weighted by molar-refractivity contribution is 6.21. The average Bonchev–Trinajstić information content (AvgIpc) is 2.68. The van der Waals surface area contributed by atoms with Gasteiger partial charge < -0.3 is 0 Å². The van der Waals surface area contributed by atoms with Gasteiger partial charge in [0, 0.05) is 6.54 Å². The molecular weight excluding hydrogens is 238 g/mol. The SMILES string of the molecule is [CH2]CCCCCCCN1C(=O)c2ccccc2C1=O. The molecule has 0 aromatic heterocycles. The molecule has 2 amide bonds. The number of imide groups is 1. The number of fused-ring (bicyclic) bond motifs is 1. The van der Waals surface area contributed by atoms with Crippen LogP contribution in [0, 0.1) is 6.92 Å². The summed E-state index contributed by atoms with van der Waals surface area (Å²) in [5.41, 5.74) is 1.09. The van der Waals surface area contributed by atoms with E-state index in [9.17, 15) is 9.59 Å². The molecule has 0 fully saturated rings. The van der Waals surface area contributed by atoms with Crippen LogP contribution in [0.25, 0.3) is 0 Å². The van der Waals surface area contributed by atoms with Crippen LogP contribution in [0.5, 0.6) is 0 Å². The van der Waals surface area contributed by atoms with Crippen molar-refractivity contribution in [1.82, 2.24) is 4.90 Å². The average molecular weight is 258 g/mol. The second-order valence-corrected chi connectivity index (χ2v) is 4.93. The van der Waals surface area contributed by atoms with Crippen molar-refractivity contribution in [3.05, 3.63) is 42.3 Å². The van der Waals surface area contributed by atoms with Crippen LogP contribution in [0.15, 0.2) is 24.3 Å². The predicted octanol–water partition coefficient (Wildman–Crippen LogP) is 3.46. The smallest absolute Gasteiger partial charge is 0.261 e. The first-order valence-corrected chi connectivity index (χ1v) is 7.00. The van der Waals surface area contributed by atoms with Gasteiger partial charge in [-0.2, -0.15) is 0 Å². The maximum absolute atomic E-state index is 12.1. The Hall–Kier alpha value is -1.64. The molecular formula is C16H20NO2. The van der Waals surface area contributed by atoms with Gasteiger partial charge in [0.25, 0.3) is 11.8 Å². The summed E-state index contributed by atoms with van der Waals surface area (Å²) in [6.07, 6.45) is 6.44. The van der Waals surface area contributed by atoms with E-state index in [1.807, 2.05) is 0 Å². The van der Waals surface area contributed by atoms with E-state index in [2.05, 4.69) is 6.92 Å². The fourth-order valence-electron chi connectivity index (χ4n) is 2.42. The first-order chi connectivity index (χ1) is 9.25. The highest BCUT2D eigenvalue weighted by Gasteiger charge is 2.34. The van der Waals surface area contributed by atoms with E-state index in [1.165, 1.54) is 11.3 Å². The van der Waals surface area contributed by atoms with E-state index >= 15 is 0 Å². The first-order valence-electron chi connectivity index (χ1n) is 7.00. The third kappa shape index (κ3) is 3.03. The number of nitrogens with zero attached hydrogens (tertiary/aromatic N) is 1. The van der Waals surface area contributed by atoms with Crippen LogP contribution in [-0.2, 0) is 0 Å². The number of carbonyl (C=O) groups is 2. The number of unbranched alkanes of at least 4 members (excludes halogenated alkanes) is 5. The summed E-state index contributed by atoms with van der Waals surface area (Å²) in [5, 5.41) is 0. The Bertz CT molecular complexity index is 433. The van der Waals surface area contributed by atoms with Crippen molar-refractivity contribution in [2.75, 3.05) is 6.54 Å². The normalized spacial score (nSPS) is 14.1. The minimum atomic E-state index is -0.140. The van der Waals surface area contributed by atoms with Crippen molar-refractivity contribution in [3.63, 3.8) is 0 Å². The van der Waals surface area contributed by atoms with Crippen LogP contribution in [0.1, 0.15) is 59.2 Å². The summed E-state index contributed by atoms with van der Waals surface area (Å²) in [6.45, 7) is 4.35. The Morgan fingerprint density at radius 1 is 0.842 bits per heavy atom. The number of benzene rings is 1. The van der Waals surface area contributed by atoms with E-state index in [1.54, 1.807) is 24.3 Å². The van der Waals surface area contributed by atoms with Crippen LogP contribution in [0.2, 0.25) is 0 Å². The molecule has 0 saturated carbocycles. The molecule has 2 rings (SSSR count). The zero-order chi connectivity index (χ0) is 13.7. The fraction of sp³-hybridized carbons (Fsp3) is 0.438. The number of hydrogen-bond acceptors (Lipinski definition) is 2. The molecule has 0 atom stereocenters. The van der Waals surface area contributed by atoms with E-state index in [0.717, 1.165) is 32.1 Å². The van der Waals surface area contributed by atoms with Crippen molar-refractivity contribution in [2.45, 2.75) is 38.5 Å². The van der Waals surface area contributed by atoms with Gasteiger partial charge in [-0.25, -0.2) is 0 Å². The van der Waals surface area contributed by atoms with Gasteiger partial charge in [-0.05, 0) is 18.6 Å². The monoisotopic (exact) mass is 258 g/mol. The van der Waals surface area contributed by atoms with Gasteiger partial charge in [0.05, 0.1) is 11.1 Å². The van der Waals surface area contributed by atoms with E-state index in [0.29, 0.717) is 17.7 Å². The Labute approximate surface area is 114 Å². The molecule has 1 aromatic rings. The lowest BCUT2D eigenvalue weighted by atomic mass is 10.1. The molecule has 0 saturated heterocycles. The molecule has 0 unspecified atom stereocenters. The summed E-state index contributed by atoms with van der Waals surface area (Å²) >= 11 is 0. The number of amides is 2. The molecule has 101 valence electrons. The molecule has 1 heterocycles. The van der Waals surface area contributed by atoms with Gasteiger partial charge in [0.1, 0.15) is 0 Å². The molecule has 0 aliphatic carbocycles. The minimum absolute atomic E-state index is 0.140. The molecule has 0 N–H and O–H groups in total. The third-order valence-electron chi connectivity index (χ3n) is 3.51. The van der Waals surface area contributed by atoms with Gasteiger partial charge in [0.2, 0.25) is 0 Å². The van der Waals surface area contributed by atoms with Crippen molar-refractivity contribution in [1.29, 1.82) is 0 Å². The summed E-state index contributed by atoms with van der Waals surface area (Å²) in [7, 11) is 0. The minimum Gasteiger partial charge on any atom is -0.274 e. The van der Waals surface area contributed by atoms with E-state index in [-0.39, 0.29) is 11.8 Å². The topological polar surface area (TPSA) is 37.4 Å². The Morgan fingerprint density at radius 3 is 1.95 bits per heavy atom. The molecule has 1 aliphatic heterocycles. The molecule has 0 bridgehead atoms. The summed E-state index contributed by atoms with van der Waals surface area (Å²) < 4.78 is 0. The van der Waals surface area contributed by atoms with Crippen LogP contribution in [0.3, 0.4) is 0 Å². The number of hydrogen-bond donors (Lipinski definition) is 0. The highest BCUT2D eigenvalue weighted by atomic mass is 16.2. The maximum Gasteiger partial charge on any atom is 0.261 e. The van der Waals surface area contributed by atoms with Crippen molar-refractivity contribution in [2.24, 2.45) is 0 Å². The second kappa shape index (κ2) is 6.50. The predicted molar refractivity (Wildman–Crippen MR) is 74.9 cm³/mol. The maximum atomic E-state index is 12.1. The zero-order valence-corrected chi connectivity index (χ0v) is 11.2. The summed E-state index contributed by atoms with van der Waals surface area (Å²) in [5.74, 6) is -0.281. The lowest BCUT2D eigenvalue weighted by Gasteiger charge is -2.13. The lowest BCUT2D eigenvalue weighted by molar-refractivity contribution is 0.0651. The van der Waals surface area contributed by atoms with Gasteiger partial charge in [-0.3, -0.25) is 14.5 Å². The van der Waals surface area contributed by atoms with Gasteiger partial charge in [0.15, 0.2) is 0 Å². The fourth-order valence-corrected chi connectivity index (χ4v) is 2.42. The van der Waals surface area contributed by atoms with Crippen LogP contribution >= 0.6 is 0 Å². The molecule has 1 aromatic carbocycles. The standard InChI is InChI=1S/C16H20NO2/c1-2-3-4-5-6-9-12-17-15(18)13-10-7-8-11-14(13)16(17)19/h7-8,10-11H,1-6,9,12H2. The Morgan fingerprint density at radius 2 is 1.37 bits per heavy atom. The quantitative estimate of drug-likeness (QED) is 0.555. The zero-order valence-electron chi connectivity index (χ0n) is 11.2. The second-order valence-electron chi connectivity index (χ2n) is 4.93.